The molecule has 0 aliphatic carbocycles. The highest BCUT2D eigenvalue weighted by Gasteiger charge is 2.47. The van der Waals surface area contributed by atoms with Crippen molar-refractivity contribution in [3.8, 4) is 11.5 Å². The van der Waals surface area contributed by atoms with Gasteiger partial charge in [0.1, 0.15) is 5.44 Å². The van der Waals surface area contributed by atoms with Gasteiger partial charge in [0.05, 0.1) is 38.1 Å². The maximum absolute atomic E-state index is 13.3. The monoisotopic (exact) mass is 468 g/mol. The van der Waals surface area contributed by atoms with Crippen molar-refractivity contribution >= 4 is 30.5 Å². The number of rotatable bonds is 8. The number of amidine groups is 1. The number of nitrogens with zero attached hydrogens (tertiary/aromatic N) is 2. The van der Waals surface area contributed by atoms with Crippen LogP contribution in [0.2, 0.25) is 0 Å². The van der Waals surface area contributed by atoms with Gasteiger partial charge in [-0.2, -0.15) is 0 Å². The summed E-state index contributed by atoms with van der Waals surface area (Å²) in [5.74, 6) is 0.521. The average Bonchev–Trinajstić information content (AvgIpc) is 3.21. The van der Waals surface area contributed by atoms with E-state index < -0.39 is 19.6 Å². The highest BCUT2D eigenvalue weighted by atomic mass is 32.2. The van der Waals surface area contributed by atoms with Gasteiger partial charge in [0.25, 0.3) is 0 Å². The van der Waals surface area contributed by atoms with Gasteiger partial charge >= 0.3 is 13.6 Å². The highest BCUT2D eigenvalue weighted by Crippen LogP contribution is 2.62. The normalized spacial score (nSPS) is 18.4. The first-order chi connectivity index (χ1) is 14.8. The number of methoxy groups -OCH3 is 2. The van der Waals surface area contributed by atoms with Crippen molar-refractivity contribution in [1.29, 1.82) is 0 Å². The molecule has 0 fully saturated rings. The number of esters is 1. The molecule has 11 heteroatoms. The van der Waals surface area contributed by atoms with Gasteiger partial charge in [-0.15, -0.1) is 0 Å². The Morgan fingerprint density at radius 3 is 2.42 bits per heavy atom. The van der Waals surface area contributed by atoms with Crippen LogP contribution in [0.25, 0.3) is 0 Å². The molecule has 31 heavy (non-hydrogen) atoms. The van der Waals surface area contributed by atoms with Gasteiger partial charge in [-0.05, 0) is 31.5 Å². The Balaban J connectivity index is 2.22. The van der Waals surface area contributed by atoms with E-state index in [9.17, 15) is 9.36 Å². The number of carbonyl (C=O) groups excluding carboxylic acids is 1. The number of aliphatic imine (C=N–C) groups is 1. The third kappa shape index (κ3) is 4.13. The summed E-state index contributed by atoms with van der Waals surface area (Å²) in [6, 6.07) is 4.64. The molecule has 1 unspecified atom stereocenters. The molecule has 3 rings (SSSR count). The van der Waals surface area contributed by atoms with Crippen LogP contribution in [0.4, 0.5) is 0 Å². The van der Waals surface area contributed by atoms with Crippen molar-refractivity contribution in [3.05, 3.63) is 45.9 Å². The molecule has 2 aliphatic heterocycles. The van der Waals surface area contributed by atoms with Crippen molar-refractivity contribution < 1.29 is 32.6 Å². The summed E-state index contributed by atoms with van der Waals surface area (Å²) in [5, 5.41) is 2.22. The van der Waals surface area contributed by atoms with Crippen LogP contribution in [-0.4, -0.2) is 51.1 Å². The fourth-order valence-electron chi connectivity index (χ4n) is 3.44. The molecule has 1 aromatic rings. The van der Waals surface area contributed by atoms with E-state index in [1.54, 1.807) is 43.4 Å². The topological polar surface area (TPSA) is 95.9 Å². The zero-order valence-electron chi connectivity index (χ0n) is 18.2. The lowest BCUT2D eigenvalue weighted by Crippen LogP contribution is -2.36. The lowest BCUT2D eigenvalue weighted by Gasteiger charge is -2.37. The maximum atomic E-state index is 13.3. The van der Waals surface area contributed by atoms with Crippen LogP contribution in [0.5, 0.6) is 11.5 Å². The molecule has 0 radical (unpaired) electrons. The SMILES string of the molecule is CCOC(=O)C1=C(C)N=C2SC=C(P(=O)(OC)OC)N2C1c1ccc(OC)c(OC)c1. The molecule has 2 heterocycles. The smallest absolute Gasteiger partial charge is 0.377 e. The molecule has 168 valence electrons. The van der Waals surface area contributed by atoms with E-state index in [2.05, 4.69) is 4.99 Å². The first kappa shape index (κ1) is 23.4. The summed E-state index contributed by atoms with van der Waals surface area (Å²) < 4.78 is 39.9. The fourth-order valence-corrected chi connectivity index (χ4v) is 6.01. The summed E-state index contributed by atoms with van der Waals surface area (Å²) in [7, 11) is 2.05. The van der Waals surface area contributed by atoms with Crippen LogP contribution in [0.3, 0.4) is 0 Å². The maximum Gasteiger partial charge on any atom is 0.377 e. The Hall–Kier alpha value is -2.26. The predicted molar refractivity (Wildman–Crippen MR) is 118 cm³/mol. The molecule has 1 aromatic carbocycles. The van der Waals surface area contributed by atoms with Crippen LogP contribution in [0.1, 0.15) is 25.5 Å². The number of thioether (sulfide) groups is 1. The third-order valence-corrected chi connectivity index (χ3v) is 7.77. The molecule has 1 atom stereocenters. The molecule has 2 aliphatic rings. The molecule has 0 amide bonds. The predicted octanol–water partition coefficient (Wildman–Crippen LogP) is 4.29. The minimum atomic E-state index is -3.65. The molecule has 0 bridgehead atoms. The zero-order valence-corrected chi connectivity index (χ0v) is 19.9. The number of fused-ring (bicyclic) bond motifs is 1. The minimum Gasteiger partial charge on any atom is -0.493 e. The van der Waals surface area contributed by atoms with Gasteiger partial charge in [-0.1, -0.05) is 17.8 Å². The summed E-state index contributed by atoms with van der Waals surface area (Å²) in [6.45, 7) is 3.68. The fraction of sp³-hybridized carbons (Fsp3) is 0.400. The van der Waals surface area contributed by atoms with Crippen LogP contribution in [0.15, 0.2) is 45.3 Å². The van der Waals surface area contributed by atoms with E-state index in [0.29, 0.717) is 33.5 Å². The van der Waals surface area contributed by atoms with E-state index in [4.69, 9.17) is 23.3 Å². The van der Waals surface area contributed by atoms with E-state index in [1.165, 1.54) is 33.1 Å². The average molecular weight is 468 g/mol. The number of allylic oxidation sites excluding steroid dienone is 1. The summed E-state index contributed by atoms with van der Waals surface area (Å²) in [5.41, 5.74) is 1.82. The Morgan fingerprint density at radius 1 is 1.16 bits per heavy atom. The quantitative estimate of drug-likeness (QED) is 0.409. The van der Waals surface area contributed by atoms with Crippen molar-refractivity contribution in [2.45, 2.75) is 19.9 Å². The second-order valence-corrected chi connectivity index (χ2v) is 9.48. The zero-order chi connectivity index (χ0) is 22.8. The van der Waals surface area contributed by atoms with E-state index in [-0.39, 0.29) is 12.0 Å². The molecular formula is C20H25N2O7PS. The lowest BCUT2D eigenvalue weighted by molar-refractivity contribution is -0.139. The van der Waals surface area contributed by atoms with Crippen LogP contribution < -0.4 is 9.47 Å². The van der Waals surface area contributed by atoms with Crippen LogP contribution in [-0.2, 0) is 23.1 Å². The minimum absolute atomic E-state index is 0.205. The molecule has 0 aromatic heterocycles. The first-order valence-corrected chi connectivity index (χ1v) is 11.8. The third-order valence-electron chi connectivity index (χ3n) is 4.89. The van der Waals surface area contributed by atoms with Gasteiger partial charge in [0.2, 0.25) is 0 Å². The van der Waals surface area contributed by atoms with E-state index >= 15 is 0 Å². The largest absolute Gasteiger partial charge is 0.493 e. The molecular weight excluding hydrogens is 443 g/mol. The Bertz CT molecular complexity index is 1010. The Morgan fingerprint density at radius 2 is 1.84 bits per heavy atom. The summed E-state index contributed by atoms with van der Waals surface area (Å²) in [6.07, 6.45) is 0. The number of hydrogen-bond acceptors (Lipinski definition) is 10. The number of hydrogen-bond donors (Lipinski definition) is 0. The summed E-state index contributed by atoms with van der Waals surface area (Å²) >= 11 is 1.28. The van der Waals surface area contributed by atoms with E-state index in [1.807, 2.05) is 6.07 Å². The van der Waals surface area contributed by atoms with Gasteiger partial charge in [0, 0.05) is 19.6 Å². The Kier molecular flexibility index (Phi) is 7.16. The first-order valence-electron chi connectivity index (χ1n) is 9.41. The van der Waals surface area contributed by atoms with Crippen molar-refractivity contribution in [2.24, 2.45) is 4.99 Å². The van der Waals surface area contributed by atoms with Gasteiger partial charge in [-0.3, -0.25) is 4.57 Å². The van der Waals surface area contributed by atoms with Crippen molar-refractivity contribution in [1.82, 2.24) is 4.90 Å². The summed E-state index contributed by atoms with van der Waals surface area (Å²) in [4.78, 5) is 19.2. The van der Waals surface area contributed by atoms with Gasteiger partial charge < -0.3 is 28.2 Å². The standard InChI is InChI=1S/C20H25N2O7PS/c1-7-29-19(23)17-12(2)21-20-22(16(11-31-20)30(24,27-5)28-6)18(17)13-8-9-14(25-3)15(10-13)26-4/h8-11,18H,7H2,1-6H3. The van der Waals surface area contributed by atoms with Crippen molar-refractivity contribution in [3.63, 3.8) is 0 Å². The second kappa shape index (κ2) is 9.48. The van der Waals surface area contributed by atoms with Gasteiger partial charge in [0.15, 0.2) is 16.7 Å². The number of carbonyl (C=O) groups is 1. The highest BCUT2D eigenvalue weighted by molar-refractivity contribution is 8.16. The van der Waals surface area contributed by atoms with Gasteiger partial charge in [-0.25, -0.2) is 9.79 Å². The Labute approximate surface area is 185 Å². The molecule has 0 N–H and O–H groups in total. The van der Waals surface area contributed by atoms with Crippen molar-refractivity contribution in [2.75, 3.05) is 35.0 Å². The molecule has 0 saturated heterocycles. The number of benzene rings is 1. The van der Waals surface area contributed by atoms with Crippen LogP contribution >= 0.6 is 19.4 Å². The molecule has 0 spiro atoms. The van der Waals surface area contributed by atoms with Crippen LogP contribution in [0, 0.1) is 0 Å². The molecule has 0 saturated carbocycles. The van der Waals surface area contributed by atoms with E-state index in [0.717, 1.165) is 0 Å². The number of ether oxygens (including phenoxy) is 3. The second-order valence-electron chi connectivity index (χ2n) is 6.46. The lowest BCUT2D eigenvalue weighted by atomic mass is 9.94. The molecule has 9 nitrogen and oxygen atoms in total.